The highest BCUT2D eigenvalue weighted by atomic mass is 32.2. The summed E-state index contributed by atoms with van der Waals surface area (Å²) < 4.78 is 20.9. The van der Waals surface area contributed by atoms with Gasteiger partial charge in [0.1, 0.15) is 11.6 Å². The lowest BCUT2D eigenvalue weighted by atomic mass is 10.3. The third-order valence-corrected chi connectivity index (χ3v) is 4.50. The lowest BCUT2D eigenvalue weighted by Crippen LogP contribution is -2.00. The molecule has 1 aromatic carbocycles. The van der Waals surface area contributed by atoms with Gasteiger partial charge in [0, 0.05) is 12.6 Å². The van der Waals surface area contributed by atoms with Crippen molar-refractivity contribution >= 4 is 34.6 Å². The molecule has 116 valence electrons. The standard InChI is InChI=1S/C14H15FN4OS2/c1-3-19-11-5-4-9(15)6-10(11)16-12(19)7-22-14-18-17-13(20-14)8-21-2/h4-6H,3,7-8H2,1-2H3. The molecule has 0 N–H and O–H groups in total. The van der Waals surface area contributed by atoms with Crippen LogP contribution in [0.15, 0.2) is 27.8 Å². The number of halogens is 1. The zero-order valence-electron chi connectivity index (χ0n) is 12.2. The van der Waals surface area contributed by atoms with E-state index in [-0.39, 0.29) is 5.82 Å². The van der Waals surface area contributed by atoms with Gasteiger partial charge in [0.2, 0.25) is 5.89 Å². The van der Waals surface area contributed by atoms with Crippen LogP contribution < -0.4 is 0 Å². The molecule has 22 heavy (non-hydrogen) atoms. The van der Waals surface area contributed by atoms with E-state index in [1.165, 1.54) is 23.9 Å². The number of hydrogen-bond acceptors (Lipinski definition) is 6. The van der Waals surface area contributed by atoms with Crippen LogP contribution in [0.1, 0.15) is 18.6 Å². The van der Waals surface area contributed by atoms with Crippen molar-refractivity contribution in [3.05, 3.63) is 35.7 Å². The molecule has 0 saturated carbocycles. The summed E-state index contributed by atoms with van der Waals surface area (Å²) in [5.74, 6) is 2.54. The van der Waals surface area contributed by atoms with E-state index < -0.39 is 0 Å². The number of imidazole rings is 1. The zero-order chi connectivity index (χ0) is 15.5. The van der Waals surface area contributed by atoms with Gasteiger partial charge in [0.25, 0.3) is 5.22 Å². The molecule has 8 heteroatoms. The molecule has 3 aromatic rings. The van der Waals surface area contributed by atoms with Gasteiger partial charge in [-0.25, -0.2) is 9.37 Å². The first kappa shape index (κ1) is 15.4. The Morgan fingerprint density at radius 3 is 2.91 bits per heavy atom. The largest absolute Gasteiger partial charge is 0.415 e. The average molecular weight is 338 g/mol. The van der Waals surface area contributed by atoms with Gasteiger partial charge in [-0.3, -0.25) is 0 Å². The second-order valence-electron chi connectivity index (χ2n) is 4.59. The van der Waals surface area contributed by atoms with Crippen molar-refractivity contribution in [3.8, 4) is 0 Å². The maximum atomic E-state index is 13.3. The highest BCUT2D eigenvalue weighted by Crippen LogP contribution is 2.25. The van der Waals surface area contributed by atoms with Crippen LogP contribution in [0.4, 0.5) is 4.39 Å². The molecule has 0 aliphatic heterocycles. The lowest BCUT2D eigenvalue weighted by Gasteiger charge is -2.04. The molecule has 0 bridgehead atoms. The third-order valence-electron chi connectivity index (χ3n) is 3.15. The van der Waals surface area contributed by atoms with Crippen molar-refractivity contribution < 1.29 is 8.81 Å². The molecule has 0 atom stereocenters. The molecule has 0 spiro atoms. The highest BCUT2D eigenvalue weighted by molar-refractivity contribution is 7.98. The van der Waals surface area contributed by atoms with Crippen LogP contribution in [0.25, 0.3) is 11.0 Å². The number of aryl methyl sites for hydroxylation is 1. The van der Waals surface area contributed by atoms with Crippen molar-refractivity contribution in [2.45, 2.75) is 30.2 Å². The summed E-state index contributed by atoms with van der Waals surface area (Å²) in [4.78, 5) is 4.51. The number of hydrogen-bond donors (Lipinski definition) is 0. The van der Waals surface area contributed by atoms with Crippen LogP contribution in [0.3, 0.4) is 0 Å². The number of benzene rings is 1. The van der Waals surface area contributed by atoms with E-state index in [0.717, 1.165) is 17.9 Å². The fourth-order valence-electron chi connectivity index (χ4n) is 2.22. The number of thioether (sulfide) groups is 2. The molecule has 5 nitrogen and oxygen atoms in total. The molecule has 2 aromatic heterocycles. The minimum absolute atomic E-state index is 0.272. The van der Waals surface area contributed by atoms with E-state index in [2.05, 4.69) is 19.7 Å². The number of rotatable bonds is 6. The monoisotopic (exact) mass is 338 g/mol. The predicted octanol–water partition coefficient (Wildman–Crippen LogP) is 3.73. The summed E-state index contributed by atoms with van der Waals surface area (Å²) >= 11 is 3.08. The van der Waals surface area contributed by atoms with Crippen LogP contribution in [0, 0.1) is 5.82 Å². The van der Waals surface area contributed by atoms with Crippen molar-refractivity contribution in [3.63, 3.8) is 0 Å². The van der Waals surface area contributed by atoms with Crippen LogP contribution >= 0.6 is 23.5 Å². The van der Waals surface area contributed by atoms with Gasteiger partial charge >= 0.3 is 0 Å². The first-order valence-electron chi connectivity index (χ1n) is 6.80. The van der Waals surface area contributed by atoms with E-state index in [1.54, 1.807) is 17.8 Å². The Kier molecular flexibility index (Phi) is 4.68. The van der Waals surface area contributed by atoms with Gasteiger partial charge in [-0.15, -0.1) is 10.2 Å². The minimum atomic E-state index is -0.272. The highest BCUT2D eigenvalue weighted by Gasteiger charge is 2.13. The van der Waals surface area contributed by atoms with Crippen molar-refractivity contribution in [2.24, 2.45) is 0 Å². The number of aromatic nitrogens is 4. The Morgan fingerprint density at radius 2 is 2.14 bits per heavy atom. The first-order valence-corrected chi connectivity index (χ1v) is 9.18. The summed E-state index contributed by atoms with van der Waals surface area (Å²) in [7, 11) is 0. The SMILES string of the molecule is CCn1c(CSc2nnc(CSC)o2)nc2cc(F)ccc21. The van der Waals surface area contributed by atoms with Crippen LogP contribution in [0.5, 0.6) is 0 Å². The number of nitrogens with zero attached hydrogens (tertiary/aromatic N) is 4. The smallest absolute Gasteiger partial charge is 0.277 e. The molecular formula is C14H15FN4OS2. The molecular weight excluding hydrogens is 323 g/mol. The molecule has 0 radical (unpaired) electrons. The van der Waals surface area contributed by atoms with E-state index in [0.29, 0.717) is 28.1 Å². The topological polar surface area (TPSA) is 56.7 Å². The van der Waals surface area contributed by atoms with Crippen LogP contribution in [0.2, 0.25) is 0 Å². The quantitative estimate of drug-likeness (QED) is 0.638. The normalized spacial score (nSPS) is 11.4. The predicted molar refractivity (Wildman–Crippen MR) is 86.4 cm³/mol. The molecule has 0 amide bonds. The molecule has 3 rings (SSSR count). The fourth-order valence-corrected chi connectivity index (χ4v) is 3.31. The van der Waals surface area contributed by atoms with Crippen LogP contribution in [-0.4, -0.2) is 26.0 Å². The van der Waals surface area contributed by atoms with Gasteiger partial charge in [0.15, 0.2) is 0 Å². The Bertz CT molecular complexity index is 786. The average Bonchev–Trinajstić information content (AvgIpc) is 3.08. The van der Waals surface area contributed by atoms with E-state index >= 15 is 0 Å². The van der Waals surface area contributed by atoms with Gasteiger partial charge in [-0.2, -0.15) is 11.8 Å². The molecule has 2 heterocycles. The second-order valence-corrected chi connectivity index (χ2v) is 6.38. The number of fused-ring (bicyclic) bond motifs is 1. The summed E-state index contributed by atoms with van der Waals surface area (Å²) in [6.07, 6.45) is 1.99. The van der Waals surface area contributed by atoms with E-state index in [4.69, 9.17) is 4.42 Å². The molecule has 0 saturated heterocycles. The summed E-state index contributed by atoms with van der Waals surface area (Å²) in [5.41, 5.74) is 1.61. The first-order chi connectivity index (χ1) is 10.7. The van der Waals surface area contributed by atoms with Crippen LogP contribution in [-0.2, 0) is 18.1 Å². The van der Waals surface area contributed by atoms with Gasteiger partial charge in [0.05, 0.1) is 22.5 Å². The Hall–Kier alpha value is -1.54. The molecule has 0 unspecified atom stereocenters. The summed E-state index contributed by atoms with van der Waals surface area (Å²) in [6.45, 7) is 2.82. The Labute approximate surface area is 135 Å². The fraction of sp³-hybridized carbons (Fsp3) is 0.357. The summed E-state index contributed by atoms with van der Waals surface area (Å²) in [6, 6.07) is 4.68. The molecule has 0 fully saturated rings. The Morgan fingerprint density at radius 1 is 1.27 bits per heavy atom. The van der Waals surface area contributed by atoms with E-state index in [1.807, 2.05) is 13.2 Å². The van der Waals surface area contributed by atoms with Crippen molar-refractivity contribution in [1.29, 1.82) is 0 Å². The van der Waals surface area contributed by atoms with Crippen molar-refractivity contribution in [1.82, 2.24) is 19.7 Å². The van der Waals surface area contributed by atoms with E-state index in [9.17, 15) is 4.39 Å². The van der Waals surface area contributed by atoms with Gasteiger partial charge in [-0.1, -0.05) is 11.8 Å². The van der Waals surface area contributed by atoms with Crippen molar-refractivity contribution in [2.75, 3.05) is 6.26 Å². The molecule has 0 aliphatic carbocycles. The Balaban J connectivity index is 1.80. The second kappa shape index (κ2) is 6.70. The van der Waals surface area contributed by atoms with Gasteiger partial charge < -0.3 is 8.98 Å². The molecule has 0 aliphatic rings. The summed E-state index contributed by atoms with van der Waals surface area (Å²) in [5, 5.41) is 8.52. The van der Waals surface area contributed by atoms with Gasteiger partial charge in [-0.05, 0) is 25.3 Å². The zero-order valence-corrected chi connectivity index (χ0v) is 13.9. The minimum Gasteiger partial charge on any atom is -0.415 e. The maximum Gasteiger partial charge on any atom is 0.277 e. The lowest BCUT2D eigenvalue weighted by molar-refractivity contribution is 0.426. The maximum absolute atomic E-state index is 13.3. The third kappa shape index (κ3) is 3.12.